The smallest absolute Gasteiger partial charge is 0.257 e. The van der Waals surface area contributed by atoms with Crippen LogP contribution in [0.5, 0.6) is 0 Å². The van der Waals surface area contributed by atoms with Gasteiger partial charge in [0.15, 0.2) is 23.3 Å². The van der Waals surface area contributed by atoms with Gasteiger partial charge in [0.1, 0.15) is 0 Å². The Labute approximate surface area is 165 Å². The molecular formula is C21H17F3N4O. The quantitative estimate of drug-likeness (QED) is 0.634. The number of piperazine rings is 1. The average molecular weight is 398 g/mol. The van der Waals surface area contributed by atoms with Crippen LogP contribution in [0.4, 0.5) is 19.0 Å². The van der Waals surface area contributed by atoms with E-state index in [1.165, 1.54) is 4.90 Å². The number of benzene rings is 2. The van der Waals surface area contributed by atoms with Crippen LogP contribution >= 0.6 is 0 Å². The lowest BCUT2D eigenvalue weighted by atomic mass is 10.1. The van der Waals surface area contributed by atoms with Gasteiger partial charge in [0, 0.05) is 31.7 Å². The minimum Gasteiger partial charge on any atom is -0.352 e. The van der Waals surface area contributed by atoms with Crippen molar-refractivity contribution in [3.63, 3.8) is 0 Å². The summed E-state index contributed by atoms with van der Waals surface area (Å²) < 4.78 is 40.4. The highest BCUT2D eigenvalue weighted by atomic mass is 19.2. The van der Waals surface area contributed by atoms with Crippen molar-refractivity contribution in [3.05, 3.63) is 77.6 Å². The molecule has 2 aromatic carbocycles. The Balaban J connectivity index is 1.42. The second kappa shape index (κ2) is 7.90. The topological polar surface area (TPSA) is 49.3 Å². The molecule has 1 amide bonds. The first-order chi connectivity index (χ1) is 14.0. The average Bonchev–Trinajstić information content (AvgIpc) is 2.78. The van der Waals surface area contributed by atoms with Crippen LogP contribution in [0.15, 0.2) is 54.6 Å². The van der Waals surface area contributed by atoms with Gasteiger partial charge in [-0.2, -0.15) is 0 Å². The van der Waals surface area contributed by atoms with Crippen LogP contribution in [0, 0.1) is 17.5 Å². The predicted octanol–water partition coefficient (Wildman–Crippen LogP) is 3.52. The van der Waals surface area contributed by atoms with Crippen LogP contribution in [0.1, 0.15) is 10.4 Å². The predicted molar refractivity (Wildman–Crippen MR) is 102 cm³/mol. The third kappa shape index (κ3) is 3.78. The summed E-state index contributed by atoms with van der Waals surface area (Å²) in [5.41, 5.74) is 1.26. The minimum atomic E-state index is -1.64. The first-order valence-electron chi connectivity index (χ1n) is 9.11. The molecule has 0 N–H and O–H groups in total. The number of amides is 1. The van der Waals surface area contributed by atoms with Gasteiger partial charge < -0.3 is 9.80 Å². The molecule has 3 aromatic rings. The van der Waals surface area contributed by atoms with E-state index < -0.39 is 28.9 Å². The first-order valence-corrected chi connectivity index (χ1v) is 9.11. The molecule has 0 aliphatic carbocycles. The zero-order chi connectivity index (χ0) is 20.4. The van der Waals surface area contributed by atoms with Gasteiger partial charge in [0.2, 0.25) is 0 Å². The zero-order valence-corrected chi connectivity index (χ0v) is 15.4. The first kappa shape index (κ1) is 18.9. The Morgan fingerprint density at radius 1 is 0.793 bits per heavy atom. The van der Waals surface area contributed by atoms with Crippen LogP contribution in [0.25, 0.3) is 11.3 Å². The molecule has 1 fully saturated rings. The van der Waals surface area contributed by atoms with Gasteiger partial charge in [-0.25, -0.2) is 13.2 Å². The summed E-state index contributed by atoms with van der Waals surface area (Å²) in [5.74, 6) is -4.40. The Bertz CT molecular complexity index is 1020. The van der Waals surface area contributed by atoms with Crippen molar-refractivity contribution in [2.24, 2.45) is 0 Å². The number of aromatic nitrogens is 2. The second-order valence-corrected chi connectivity index (χ2v) is 6.64. The molecule has 0 atom stereocenters. The van der Waals surface area contributed by atoms with Crippen LogP contribution in [0.2, 0.25) is 0 Å². The number of carbonyl (C=O) groups is 1. The largest absolute Gasteiger partial charge is 0.352 e. The zero-order valence-electron chi connectivity index (χ0n) is 15.4. The lowest BCUT2D eigenvalue weighted by Gasteiger charge is -2.35. The van der Waals surface area contributed by atoms with Crippen molar-refractivity contribution in [3.8, 4) is 11.3 Å². The van der Waals surface area contributed by atoms with E-state index in [0.29, 0.717) is 32.0 Å². The maximum atomic E-state index is 13.9. The molecule has 5 nitrogen and oxygen atoms in total. The van der Waals surface area contributed by atoms with E-state index in [-0.39, 0.29) is 0 Å². The Kier molecular flexibility index (Phi) is 5.16. The second-order valence-electron chi connectivity index (χ2n) is 6.64. The molecule has 4 rings (SSSR count). The number of nitrogens with zero attached hydrogens (tertiary/aromatic N) is 4. The van der Waals surface area contributed by atoms with E-state index in [1.807, 2.05) is 47.4 Å². The molecule has 0 spiro atoms. The molecule has 1 aromatic heterocycles. The number of hydrogen-bond donors (Lipinski definition) is 0. The van der Waals surface area contributed by atoms with E-state index in [1.54, 1.807) is 0 Å². The van der Waals surface area contributed by atoms with E-state index in [9.17, 15) is 18.0 Å². The number of anilines is 1. The molecule has 148 valence electrons. The normalized spacial score (nSPS) is 14.2. The van der Waals surface area contributed by atoms with E-state index in [2.05, 4.69) is 10.2 Å². The Morgan fingerprint density at radius 2 is 1.52 bits per heavy atom. The van der Waals surface area contributed by atoms with Gasteiger partial charge in [-0.1, -0.05) is 30.3 Å². The third-order valence-electron chi connectivity index (χ3n) is 4.88. The maximum absolute atomic E-state index is 13.9. The van der Waals surface area contributed by atoms with Gasteiger partial charge in [0.25, 0.3) is 5.91 Å². The molecule has 1 aliphatic heterocycles. The SMILES string of the molecule is O=C(c1ccc(F)c(F)c1F)N1CCN(c2ccc(-c3ccccc3)nn2)CC1. The molecule has 8 heteroatoms. The molecule has 0 radical (unpaired) electrons. The van der Waals surface area contributed by atoms with Crippen LogP contribution in [-0.4, -0.2) is 47.2 Å². The molecule has 1 aliphatic rings. The van der Waals surface area contributed by atoms with Crippen molar-refractivity contribution in [1.82, 2.24) is 15.1 Å². The van der Waals surface area contributed by atoms with Crippen molar-refractivity contribution < 1.29 is 18.0 Å². The van der Waals surface area contributed by atoms with E-state index in [4.69, 9.17) is 0 Å². The van der Waals surface area contributed by atoms with Gasteiger partial charge in [0.05, 0.1) is 11.3 Å². The number of hydrogen-bond acceptors (Lipinski definition) is 4. The lowest BCUT2D eigenvalue weighted by molar-refractivity contribution is 0.0740. The number of carbonyl (C=O) groups excluding carboxylic acids is 1. The minimum absolute atomic E-state index is 0.305. The van der Waals surface area contributed by atoms with Gasteiger partial charge in [-0.15, -0.1) is 10.2 Å². The van der Waals surface area contributed by atoms with Gasteiger partial charge >= 0.3 is 0 Å². The molecule has 0 unspecified atom stereocenters. The van der Waals surface area contributed by atoms with Gasteiger partial charge in [-0.3, -0.25) is 4.79 Å². The lowest BCUT2D eigenvalue weighted by Crippen LogP contribution is -2.49. The van der Waals surface area contributed by atoms with Crippen molar-refractivity contribution in [1.29, 1.82) is 0 Å². The Morgan fingerprint density at radius 3 is 2.17 bits per heavy atom. The molecule has 1 saturated heterocycles. The van der Waals surface area contributed by atoms with Crippen molar-refractivity contribution >= 4 is 11.7 Å². The summed E-state index contributed by atoms with van der Waals surface area (Å²) in [6.45, 7) is 1.55. The van der Waals surface area contributed by atoms with E-state index in [0.717, 1.165) is 23.4 Å². The monoisotopic (exact) mass is 398 g/mol. The summed E-state index contributed by atoms with van der Waals surface area (Å²) in [6.07, 6.45) is 0. The highest BCUT2D eigenvalue weighted by Gasteiger charge is 2.27. The fraction of sp³-hybridized carbons (Fsp3) is 0.190. The van der Waals surface area contributed by atoms with Crippen LogP contribution in [0.3, 0.4) is 0 Å². The molecule has 0 bridgehead atoms. The van der Waals surface area contributed by atoms with Crippen molar-refractivity contribution in [2.45, 2.75) is 0 Å². The van der Waals surface area contributed by atoms with Crippen LogP contribution in [-0.2, 0) is 0 Å². The third-order valence-corrected chi connectivity index (χ3v) is 4.88. The van der Waals surface area contributed by atoms with Crippen molar-refractivity contribution in [2.75, 3.05) is 31.1 Å². The summed E-state index contributed by atoms with van der Waals surface area (Å²) >= 11 is 0. The number of rotatable bonds is 3. The summed E-state index contributed by atoms with van der Waals surface area (Å²) in [6, 6.07) is 15.2. The fourth-order valence-electron chi connectivity index (χ4n) is 3.26. The molecule has 2 heterocycles. The maximum Gasteiger partial charge on any atom is 0.257 e. The molecule has 29 heavy (non-hydrogen) atoms. The Hall–Kier alpha value is -3.42. The summed E-state index contributed by atoms with van der Waals surface area (Å²) in [5, 5.41) is 8.52. The summed E-state index contributed by atoms with van der Waals surface area (Å²) in [4.78, 5) is 15.9. The van der Waals surface area contributed by atoms with Gasteiger partial charge in [-0.05, 0) is 24.3 Å². The molecule has 0 saturated carbocycles. The highest BCUT2D eigenvalue weighted by Crippen LogP contribution is 2.21. The number of halogens is 3. The molecular weight excluding hydrogens is 381 g/mol. The fourth-order valence-corrected chi connectivity index (χ4v) is 3.26. The summed E-state index contributed by atoms with van der Waals surface area (Å²) in [7, 11) is 0. The van der Waals surface area contributed by atoms with Crippen LogP contribution < -0.4 is 4.90 Å². The van der Waals surface area contributed by atoms with E-state index >= 15 is 0 Å². The standard InChI is InChI=1S/C21H17F3N4O/c22-16-7-6-15(19(23)20(16)24)21(29)28-12-10-27(11-13-28)18-9-8-17(25-26-18)14-4-2-1-3-5-14/h1-9H,10-13H2. The highest BCUT2D eigenvalue weighted by molar-refractivity contribution is 5.94.